The van der Waals surface area contributed by atoms with Crippen LogP contribution in [-0.4, -0.2) is 9.78 Å². The van der Waals surface area contributed by atoms with Crippen molar-refractivity contribution >= 4 is 0 Å². The molecule has 0 radical (unpaired) electrons. The van der Waals surface area contributed by atoms with Gasteiger partial charge in [0.05, 0.1) is 17.4 Å². The molecule has 0 aliphatic heterocycles. The second-order valence-electron chi connectivity index (χ2n) is 4.70. The number of hydrogen-bond acceptors (Lipinski definition) is 3. The van der Waals surface area contributed by atoms with Crippen molar-refractivity contribution in [1.29, 1.82) is 0 Å². The van der Waals surface area contributed by atoms with E-state index in [4.69, 9.17) is 5.84 Å². The number of hydrazine groups is 1. The summed E-state index contributed by atoms with van der Waals surface area (Å²) in [6.07, 6.45) is 0.854. The van der Waals surface area contributed by atoms with Crippen LogP contribution in [0.5, 0.6) is 0 Å². The van der Waals surface area contributed by atoms with Gasteiger partial charge in [-0.05, 0) is 42.7 Å². The minimum Gasteiger partial charge on any atom is -0.271 e. The van der Waals surface area contributed by atoms with E-state index < -0.39 is 0 Å². The van der Waals surface area contributed by atoms with Gasteiger partial charge >= 0.3 is 0 Å². The van der Waals surface area contributed by atoms with Gasteiger partial charge in [0, 0.05) is 7.05 Å². The van der Waals surface area contributed by atoms with E-state index >= 15 is 0 Å². The summed E-state index contributed by atoms with van der Waals surface area (Å²) in [5.74, 6) is 5.39. The third kappa shape index (κ3) is 2.83. The predicted molar refractivity (Wildman–Crippen MR) is 72.9 cm³/mol. The maximum atomic E-state index is 13.5. The number of nitrogens with zero attached hydrogens (tertiary/aromatic N) is 2. The van der Waals surface area contributed by atoms with E-state index in [0.29, 0.717) is 0 Å². The van der Waals surface area contributed by atoms with E-state index in [1.54, 1.807) is 4.68 Å². The molecule has 0 spiro atoms. The van der Waals surface area contributed by atoms with Gasteiger partial charge in [-0.25, -0.2) is 9.82 Å². The summed E-state index contributed by atoms with van der Waals surface area (Å²) in [6.45, 7) is 3.91. The SMILES string of the molecule is CCc1cc(C(NN)c2cc(C)cc(F)c2)n(C)n1. The molecule has 2 rings (SSSR count). The van der Waals surface area contributed by atoms with E-state index in [1.165, 1.54) is 12.1 Å². The van der Waals surface area contributed by atoms with Crippen molar-refractivity contribution in [3.8, 4) is 0 Å². The standard InChI is InChI=1S/C14H19FN4/c1-4-12-8-13(19(3)18-12)14(17-16)10-5-9(2)6-11(15)7-10/h5-8,14,17H,4,16H2,1-3H3. The Bertz CT molecular complexity index is 557. The Balaban J connectivity index is 2.46. The summed E-state index contributed by atoms with van der Waals surface area (Å²) in [6, 6.07) is 6.64. The molecule has 0 amide bonds. The highest BCUT2D eigenvalue weighted by atomic mass is 19.1. The molecule has 1 aromatic carbocycles. The van der Waals surface area contributed by atoms with Gasteiger partial charge in [-0.1, -0.05) is 13.0 Å². The summed E-state index contributed by atoms with van der Waals surface area (Å²) in [4.78, 5) is 0. The second kappa shape index (κ2) is 5.50. The van der Waals surface area contributed by atoms with Crippen LogP contribution in [-0.2, 0) is 13.5 Å². The van der Waals surface area contributed by atoms with Gasteiger partial charge in [0.25, 0.3) is 0 Å². The molecule has 0 saturated heterocycles. The van der Waals surface area contributed by atoms with Gasteiger partial charge in [0.2, 0.25) is 0 Å². The number of nitrogens with one attached hydrogen (secondary N) is 1. The first-order chi connectivity index (χ1) is 9.05. The van der Waals surface area contributed by atoms with Crippen molar-refractivity contribution in [2.24, 2.45) is 12.9 Å². The molecule has 4 nitrogen and oxygen atoms in total. The minimum atomic E-state index is -0.271. The molecule has 1 heterocycles. The van der Waals surface area contributed by atoms with Crippen molar-refractivity contribution in [1.82, 2.24) is 15.2 Å². The number of aryl methyl sites for hydroxylation is 3. The van der Waals surface area contributed by atoms with Gasteiger partial charge in [0.15, 0.2) is 0 Å². The summed E-state index contributed by atoms with van der Waals surface area (Å²) < 4.78 is 15.3. The number of nitrogens with two attached hydrogens (primary N) is 1. The first-order valence-corrected chi connectivity index (χ1v) is 6.31. The Morgan fingerprint density at radius 3 is 2.63 bits per heavy atom. The summed E-state index contributed by atoms with van der Waals surface area (Å²) in [7, 11) is 1.87. The van der Waals surface area contributed by atoms with E-state index in [1.807, 2.05) is 33.0 Å². The van der Waals surface area contributed by atoms with Gasteiger partial charge in [-0.3, -0.25) is 10.5 Å². The van der Waals surface area contributed by atoms with Gasteiger partial charge < -0.3 is 0 Å². The molecule has 0 saturated carbocycles. The molecule has 102 valence electrons. The van der Waals surface area contributed by atoms with Crippen LogP contribution < -0.4 is 11.3 Å². The zero-order valence-corrected chi connectivity index (χ0v) is 11.4. The zero-order valence-electron chi connectivity index (χ0n) is 11.4. The van der Waals surface area contributed by atoms with E-state index in [0.717, 1.165) is 28.9 Å². The Morgan fingerprint density at radius 1 is 1.37 bits per heavy atom. The number of rotatable bonds is 4. The number of halogens is 1. The average Bonchev–Trinajstić information content (AvgIpc) is 2.71. The predicted octanol–water partition coefficient (Wildman–Crippen LogP) is 1.98. The summed E-state index contributed by atoms with van der Waals surface area (Å²) in [5.41, 5.74) is 6.32. The molecule has 0 fully saturated rings. The van der Waals surface area contributed by atoms with Crippen LogP contribution in [0.4, 0.5) is 4.39 Å². The fraction of sp³-hybridized carbons (Fsp3) is 0.357. The van der Waals surface area contributed by atoms with E-state index in [-0.39, 0.29) is 11.9 Å². The molecular weight excluding hydrogens is 243 g/mol. The molecule has 1 unspecified atom stereocenters. The van der Waals surface area contributed by atoms with Crippen LogP contribution in [0.25, 0.3) is 0 Å². The largest absolute Gasteiger partial charge is 0.271 e. The van der Waals surface area contributed by atoms with Crippen LogP contribution >= 0.6 is 0 Å². The molecule has 3 N–H and O–H groups in total. The Hall–Kier alpha value is -1.72. The van der Waals surface area contributed by atoms with Gasteiger partial charge in [0.1, 0.15) is 5.82 Å². The Labute approximate surface area is 112 Å². The normalized spacial score (nSPS) is 12.7. The fourth-order valence-corrected chi connectivity index (χ4v) is 2.27. The van der Waals surface area contributed by atoms with Gasteiger partial charge in [-0.15, -0.1) is 0 Å². The third-order valence-electron chi connectivity index (χ3n) is 3.19. The highest BCUT2D eigenvalue weighted by Crippen LogP contribution is 2.23. The maximum absolute atomic E-state index is 13.5. The van der Waals surface area contributed by atoms with Crippen LogP contribution in [0.3, 0.4) is 0 Å². The maximum Gasteiger partial charge on any atom is 0.123 e. The molecule has 1 atom stereocenters. The van der Waals surface area contributed by atoms with Crippen molar-refractivity contribution in [2.75, 3.05) is 0 Å². The van der Waals surface area contributed by atoms with Crippen molar-refractivity contribution in [2.45, 2.75) is 26.3 Å². The number of hydrogen-bond donors (Lipinski definition) is 2. The lowest BCUT2D eigenvalue weighted by atomic mass is 10.0. The van der Waals surface area contributed by atoms with E-state index in [2.05, 4.69) is 10.5 Å². The summed E-state index contributed by atoms with van der Waals surface area (Å²) >= 11 is 0. The summed E-state index contributed by atoms with van der Waals surface area (Å²) in [5, 5.41) is 4.40. The lowest BCUT2D eigenvalue weighted by molar-refractivity contribution is 0.565. The molecule has 1 aromatic heterocycles. The molecule has 0 bridgehead atoms. The molecule has 5 heteroatoms. The highest BCUT2D eigenvalue weighted by molar-refractivity contribution is 5.32. The third-order valence-corrected chi connectivity index (χ3v) is 3.19. The topological polar surface area (TPSA) is 55.9 Å². The quantitative estimate of drug-likeness (QED) is 0.654. The number of benzene rings is 1. The van der Waals surface area contributed by atoms with Crippen LogP contribution in [0.1, 0.15) is 35.5 Å². The Morgan fingerprint density at radius 2 is 2.11 bits per heavy atom. The molecule has 2 aromatic rings. The monoisotopic (exact) mass is 262 g/mol. The van der Waals surface area contributed by atoms with Crippen LogP contribution in [0, 0.1) is 12.7 Å². The van der Waals surface area contributed by atoms with Crippen LogP contribution in [0.2, 0.25) is 0 Å². The number of aromatic nitrogens is 2. The first kappa shape index (κ1) is 13.7. The Kier molecular flexibility index (Phi) is 3.97. The minimum absolute atomic E-state index is 0.256. The smallest absolute Gasteiger partial charge is 0.123 e. The van der Waals surface area contributed by atoms with Crippen molar-refractivity contribution in [3.05, 3.63) is 52.6 Å². The average molecular weight is 262 g/mol. The lowest BCUT2D eigenvalue weighted by Gasteiger charge is -2.17. The highest BCUT2D eigenvalue weighted by Gasteiger charge is 2.18. The lowest BCUT2D eigenvalue weighted by Crippen LogP contribution is -2.30. The van der Waals surface area contributed by atoms with Crippen molar-refractivity contribution in [3.63, 3.8) is 0 Å². The molecule has 0 aliphatic carbocycles. The first-order valence-electron chi connectivity index (χ1n) is 6.31. The van der Waals surface area contributed by atoms with Crippen molar-refractivity contribution < 1.29 is 4.39 Å². The van der Waals surface area contributed by atoms with E-state index in [9.17, 15) is 4.39 Å². The molecule has 19 heavy (non-hydrogen) atoms. The second-order valence-corrected chi connectivity index (χ2v) is 4.70. The molecular formula is C14H19FN4. The van der Waals surface area contributed by atoms with Gasteiger partial charge in [-0.2, -0.15) is 5.10 Å². The zero-order chi connectivity index (χ0) is 14.0. The molecule has 0 aliphatic rings. The van der Waals surface area contributed by atoms with Crippen LogP contribution in [0.15, 0.2) is 24.3 Å². The fourth-order valence-electron chi connectivity index (χ4n) is 2.27.